The van der Waals surface area contributed by atoms with Crippen LogP contribution in [0, 0.1) is 0 Å². The molecule has 3 rings (SSSR count). The Morgan fingerprint density at radius 1 is 1.21 bits per heavy atom. The fraction of sp³-hybridized carbons (Fsp3) is 0.929. The number of amides is 1. The third-order valence-electron chi connectivity index (χ3n) is 4.72. The molecule has 108 valence electrons. The van der Waals surface area contributed by atoms with E-state index in [0.29, 0.717) is 12.1 Å². The van der Waals surface area contributed by atoms with Crippen LogP contribution in [0.1, 0.15) is 32.1 Å². The molecule has 0 aromatic carbocycles. The van der Waals surface area contributed by atoms with Gasteiger partial charge in [-0.2, -0.15) is 0 Å². The second-order valence-electron chi connectivity index (χ2n) is 6.34. The molecule has 1 aliphatic carbocycles. The summed E-state index contributed by atoms with van der Waals surface area (Å²) in [6.07, 6.45) is 6.41. The number of nitrogens with two attached hydrogens (primary N) is 1. The van der Waals surface area contributed by atoms with E-state index in [1.165, 1.54) is 38.6 Å². The quantitative estimate of drug-likeness (QED) is 0.721. The molecule has 2 saturated heterocycles. The number of hydrogen-bond donors (Lipinski definition) is 2. The maximum atomic E-state index is 11.5. The summed E-state index contributed by atoms with van der Waals surface area (Å²) in [5.74, 6) is -0.196. The van der Waals surface area contributed by atoms with E-state index in [1.54, 1.807) is 0 Å². The molecule has 5 heteroatoms. The van der Waals surface area contributed by atoms with Crippen LogP contribution in [-0.2, 0) is 4.79 Å². The Hall–Kier alpha value is -0.650. The fourth-order valence-electron chi connectivity index (χ4n) is 3.40. The minimum Gasteiger partial charge on any atom is -0.368 e. The van der Waals surface area contributed by atoms with Gasteiger partial charge in [-0.1, -0.05) is 6.42 Å². The number of fused-ring (bicyclic) bond motifs is 1. The SMILES string of the molecule is NC(=O)C(CN1CCN2CCCCC2C1)NC1CC1. The second kappa shape index (κ2) is 5.77. The lowest BCUT2D eigenvalue weighted by Gasteiger charge is -2.44. The van der Waals surface area contributed by atoms with Gasteiger partial charge in [0.05, 0.1) is 6.04 Å². The fourth-order valence-corrected chi connectivity index (χ4v) is 3.40. The summed E-state index contributed by atoms with van der Waals surface area (Å²) in [7, 11) is 0. The van der Waals surface area contributed by atoms with E-state index >= 15 is 0 Å². The molecule has 0 aromatic rings. The number of nitrogens with zero attached hydrogens (tertiary/aromatic N) is 2. The van der Waals surface area contributed by atoms with E-state index in [9.17, 15) is 4.79 Å². The molecule has 1 amide bonds. The Balaban J connectivity index is 1.51. The van der Waals surface area contributed by atoms with E-state index in [0.717, 1.165) is 26.2 Å². The van der Waals surface area contributed by atoms with E-state index in [1.807, 2.05) is 0 Å². The average molecular weight is 266 g/mol. The molecule has 2 heterocycles. The summed E-state index contributed by atoms with van der Waals surface area (Å²) in [6.45, 7) is 5.39. The molecule has 3 N–H and O–H groups in total. The van der Waals surface area contributed by atoms with Crippen molar-refractivity contribution in [2.45, 2.75) is 50.2 Å². The summed E-state index contributed by atoms with van der Waals surface area (Å²) in [5.41, 5.74) is 5.52. The molecular weight excluding hydrogens is 240 g/mol. The first-order valence-corrected chi connectivity index (χ1v) is 7.74. The van der Waals surface area contributed by atoms with E-state index < -0.39 is 0 Å². The number of hydrogen-bond acceptors (Lipinski definition) is 4. The smallest absolute Gasteiger partial charge is 0.235 e. The topological polar surface area (TPSA) is 61.6 Å². The van der Waals surface area contributed by atoms with Gasteiger partial charge < -0.3 is 11.1 Å². The van der Waals surface area contributed by atoms with Crippen molar-refractivity contribution in [3.8, 4) is 0 Å². The predicted molar refractivity (Wildman–Crippen MR) is 74.8 cm³/mol. The van der Waals surface area contributed by atoms with E-state index in [4.69, 9.17) is 5.73 Å². The van der Waals surface area contributed by atoms with Crippen LogP contribution in [-0.4, -0.2) is 66.6 Å². The number of rotatable bonds is 5. The van der Waals surface area contributed by atoms with Crippen LogP contribution in [0.25, 0.3) is 0 Å². The normalized spacial score (nSPS) is 30.8. The molecular formula is C14H26N4O. The van der Waals surface area contributed by atoms with Crippen molar-refractivity contribution in [2.75, 3.05) is 32.7 Å². The first kappa shape index (κ1) is 13.3. The van der Waals surface area contributed by atoms with Crippen LogP contribution in [0.5, 0.6) is 0 Å². The summed E-state index contributed by atoms with van der Waals surface area (Å²) in [6, 6.07) is 1.08. The number of piperidine rings is 1. The van der Waals surface area contributed by atoms with Crippen molar-refractivity contribution < 1.29 is 4.79 Å². The van der Waals surface area contributed by atoms with Crippen molar-refractivity contribution in [2.24, 2.45) is 5.73 Å². The molecule has 0 aromatic heterocycles. The molecule has 2 aliphatic heterocycles. The molecule has 19 heavy (non-hydrogen) atoms. The molecule has 2 atom stereocenters. The molecule has 0 radical (unpaired) electrons. The highest BCUT2D eigenvalue weighted by Crippen LogP contribution is 2.22. The van der Waals surface area contributed by atoms with Gasteiger partial charge in [-0.3, -0.25) is 14.6 Å². The predicted octanol–water partition coefficient (Wildman–Crippen LogP) is -0.238. The molecule has 1 saturated carbocycles. The van der Waals surface area contributed by atoms with Gasteiger partial charge in [0.2, 0.25) is 5.91 Å². The van der Waals surface area contributed by atoms with Crippen LogP contribution in [0.3, 0.4) is 0 Å². The molecule has 2 unspecified atom stereocenters. The van der Waals surface area contributed by atoms with Crippen molar-refractivity contribution in [1.82, 2.24) is 15.1 Å². The largest absolute Gasteiger partial charge is 0.368 e. The lowest BCUT2D eigenvalue weighted by molar-refractivity contribution is -0.120. The molecule has 3 aliphatic rings. The van der Waals surface area contributed by atoms with E-state index in [2.05, 4.69) is 15.1 Å². The summed E-state index contributed by atoms with van der Waals surface area (Å²) < 4.78 is 0. The van der Waals surface area contributed by atoms with Gasteiger partial charge in [0.1, 0.15) is 0 Å². The second-order valence-corrected chi connectivity index (χ2v) is 6.34. The lowest BCUT2D eigenvalue weighted by Crippen LogP contribution is -2.58. The number of primary amides is 1. The van der Waals surface area contributed by atoms with Crippen molar-refractivity contribution >= 4 is 5.91 Å². The van der Waals surface area contributed by atoms with Gasteiger partial charge in [-0.25, -0.2) is 0 Å². The van der Waals surface area contributed by atoms with Gasteiger partial charge in [-0.05, 0) is 32.2 Å². The Kier molecular flexibility index (Phi) is 4.05. The summed E-state index contributed by atoms with van der Waals surface area (Å²) >= 11 is 0. The first-order valence-electron chi connectivity index (χ1n) is 7.74. The maximum Gasteiger partial charge on any atom is 0.235 e. The van der Waals surface area contributed by atoms with Gasteiger partial charge in [0, 0.05) is 38.3 Å². The number of nitrogens with one attached hydrogen (secondary N) is 1. The van der Waals surface area contributed by atoms with Gasteiger partial charge in [-0.15, -0.1) is 0 Å². The highest BCUT2D eigenvalue weighted by Gasteiger charge is 2.32. The van der Waals surface area contributed by atoms with Crippen molar-refractivity contribution in [3.05, 3.63) is 0 Å². The monoisotopic (exact) mass is 266 g/mol. The van der Waals surface area contributed by atoms with Crippen LogP contribution in [0.2, 0.25) is 0 Å². The Morgan fingerprint density at radius 2 is 2.05 bits per heavy atom. The Morgan fingerprint density at radius 3 is 2.79 bits per heavy atom. The molecule has 0 spiro atoms. The zero-order chi connectivity index (χ0) is 13.2. The van der Waals surface area contributed by atoms with Crippen molar-refractivity contribution in [3.63, 3.8) is 0 Å². The maximum absolute atomic E-state index is 11.5. The average Bonchev–Trinajstić information content (AvgIpc) is 3.22. The van der Waals surface area contributed by atoms with Gasteiger partial charge in [0.25, 0.3) is 0 Å². The summed E-state index contributed by atoms with van der Waals surface area (Å²) in [5, 5.41) is 3.38. The summed E-state index contributed by atoms with van der Waals surface area (Å²) in [4.78, 5) is 16.6. The first-order chi connectivity index (χ1) is 9.22. The molecule has 3 fully saturated rings. The molecule has 5 nitrogen and oxygen atoms in total. The highest BCUT2D eigenvalue weighted by atomic mass is 16.1. The molecule has 0 bridgehead atoms. The van der Waals surface area contributed by atoms with Crippen LogP contribution >= 0.6 is 0 Å². The minimum atomic E-state index is -0.196. The highest BCUT2D eigenvalue weighted by molar-refractivity contribution is 5.80. The minimum absolute atomic E-state index is 0.164. The number of piperazine rings is 1. The van der Waals surface area contributed by atoms with Crippen molar-refractivity contribution in [1.29, 1.82) is 0 Å². The van der Waals surface area contributed by atoms with Crippen LogP contribution < -0.4 is 11.1 Å². The van der Waals surface area contributed by atoms with Gasteiger partial charge in [0.15, 0.2) is 0 Å². The van der Waals surface area contributed by atoms with Crippen LogP contribution in [0.4, 0.5) is 0 Å². The van der Waals surface area contributed by atoms with Gasteiger partial charge >= 0.3 is 0 Å². The van der Waals surface area contributed by atoms with Crippen LogP contribution in [0.15, 0.2) is 0 Å². The van der Waals surface area contributed by atoms with E-state index in [-0.39, 0.29) is 11.9 Å². The third-order valence-corrected chi connectivity index (χ3v) is 4.72. The number of carbonyl (C=O) groups excluding carboxylic acids is 1. The zero-order valence-electron chi connectivity index (χ0n) is 11.7. The zero-order valence-corrected chi connectivity index (χ0v) is 11.7. The Bertz CT molecular complexity index is 331. The third kappa shape index (κ3) is 3.46. The number of carbonyl (C=O) groups is 1. The Labute approximate surface area is 115 Å². The lowest BCUT2D eigenvalue weighted by atomic mass is 9.99. The standard InChI is InChI=1S/C14H26N4O/c15-14(19)13(16-11-4-5-11)10-17-7-8-18-6-2-1-3-12(18)9-17/h11-13,16H,1-10H2,(H2,15,19).